The molecule has 8 heteroatoms. The highest BCUT2D eigenvalue weighted by molar-refractivity contribution is 5.76. The number of rotatable bonds is 7. The quantitative estimate of drug-likeness (QED) is 0.414. The average molecular weight is 401 g/mol. The molecule has 1 aromatic rings. The fraction of sp³-hybridized carbons (Fsp3) is 0.619. The summed E-state index contributed by atoms with van der Waals surface area (Å²) in [5.41, 5.74) is 0.626. The number of ether oxygens (including phenoxy) is 1. The molecule has 5 rings (SSSR count). The van der Waals surface area contributed by atoms with Crippen molar-refractivity contribution < 1.29 is 19.2 Å². The SMILES string of the molecule is O=C(NCCC(=O)OCc1ccc([N+](=O)[O-])cc1)NC12CC3CC(CC(C3)C1)C2. The molecule has 0 aliphatic heterocycles. The molecule has 0 radical (unpaired) electrons. The highest BCUT2D eigenvalue weighted by Gasteiger charge is 2.51. The number of nitro benzene ring substituents is 1. The number of hydrogen-bond donors (Lipinski definition) is 2. The Morgan fingerprint density at radius 1 is 1.07 bits per heavy atom. The third kappa shape index (κ3) is 4.68. The predicted molar refractivity (Wildman–Crippen MR) is 105 cm³/mol. The minimum absolute atomic E-state index is 0.00527. The molecule has 2 N–H and O–H groups in total. The van der Waals surface area contributed by atoms with Gasteiger partial charge in [0, 0.05) is 24.2 Å². The van der Waals surface area contributed by atoms with Crippen molar-refractivity contribution in [3.63, 3.8) is 0 Å². The zero-order valence-corrected chi connectivity index (χ0v) is 16.4. The van der Waals surface area contributed by atoms with Gasteiger partial charge in [-0.2, -0.15) is 0 Å². The minimum Gasteiger partial charge on any atom is -0.461 e. The number of nitrogens with zero attached hydrogens (tertiary/aromatic N) is 1. The highest BCUT2D eigenvalue weighted by atomic mass is 16.6. The number of esters is 1. The summed E-state index contributed by atoms with van der Waals surface area (Å²) < 4.78 is 5.16. The number of nitro groups is 1. The Morgan fingerprint density at radius 2 is 1.66 bits per heavy atom. The number of carbonyl (C=O) groups excluding carboxylic acids is 2. The van der Waals surface area contributed by atoms with Crippen LogP contribution in [0.4, 0.5) is 10.5 Å². The number of amides is 2. The van der Waals surface area contributed by atoms with Gasteiger partial charge in [0.2, 0.25) is 0 Å². The Bertz CT molecular complexity index is 757. The Morgan fingerprint density at radius 3 is 2.21 bits per heavy atom. The van der Waals surface area contributed by atoms with E-state index in [1.165, 1.54) is 31.4 Å². The summed E-state index contributed by atoms with van der Waals surface area (Å²) >= 11 is 0. The second-order valence-electron chi connectivity index (χ2n) is 8.91. The number of urea groups is 1. The van der Waals surface area contributed by atoms with Crippen LogP contribution < -0.4 is 10.6 Å². The van der Waals surface area contributed by atoms with Gasteiger partial charge in [0.15, 0.2) is 0 Å². The lowest BCUT2D eigenvalue weighted by Crippen LogP contribution is -2.61. The molecule has 4 fully saturated rings. The summed E-state index contributed by atoms with van der Waals surface area (Å²) in [6.45, 7) is 0.271. The van der Waals surface area contributed by atoms with Crippen LogP contribution in [0, 0.1) is 27.9 Å². The molecule has 2 amide bonds. The third-order valence-electron chi connectivity index (χ3n) is 6.58. The van der Waals surface area contributed by atoms with Gasteiger partial charge in [0.1, 0.15) is 6.61 Å². The molecular weight excluding hydrogens is 374 g/mol. The molecule has 0 unspecified atom stereocenters. The molecule has 1 aromatic carbocycles. The first-order valence-electron chi connectivity index (χ1n) is 10.4. The van der Waals surface area contributed by atoms with Crippen LogP contribution in [0.3, 0.4) is 0 Å². The molecule has 29 heavy (non-hydrogen) atoms. The van der Waals surface area contributed by atoms with E-state index in [0.717, 1.165) is 37.0 Å². The van der Waals surface area contributed by atoms with Crippen molar-refractivity contribution in [1.82, 2.24) is 10.6 Å². The lowest BCUT2D eigenvalue weighted by atomic mass is 9.53. The van der Waals surface area contributed by atoms with E-state index in [-0.39, 0.29) is 36.8 Å². The maximum atomic E-state index is 12.3. The maximum Gasteiger partial charge on any atom is 0.315 e. The van der Waals surface area contributed by atoms with E-state index >= 15 is 0 Å². The molecule has 8 nitrogen and oxygen atoms in total. The smallest absolute Gasteiger partial charge is 0.315 e. The first kappa shape index (κ1) is 19.7. The first-order valence-corrected chi connectivity index (χ1v) is 10.4. The minimum atomic E-state index is -0.476. The molecule has 4 aliphatic carbocycles. The van der Waals surface area contributed by atoms with E-state index in [2.05, 4.69) is 10.6 Å². The van der Waals surface area contributed by atoms with Crippen molar-refractivity contribution >= 4 is 17.7 Å². The number of carbonyl (C=O) groups is 2. The summed E-state index contributed by atoms with van der Waals surface area (Å²) in [7, 11) is 0. The van der Waals surface area contributed by atoms with Crippen LogP contribution in [0.2, 0.25) is 0 Å². The number of benzene rings is 1. The molecular formula is C21H27N3O5. The molecule has 0 saturated heterocycles. The summed E-state index contributed by atoms with van der Waals surface area (Å²) in [6.07, 6.45) is 7.31. The fourth-order valence-corrected chi connectivity index (χ4v) is 5.78. The monoisotopic (exact) mass is 401 g/mol. The van der Waals surface area contributed by atoms with Gasteiger partial charge in [-0.1, -0.05) is 0 Å². The first-order chi connectivity index (χ1) is 13.9. The summed E-state index contributed by atoms with van der Waals surface area (Å²) in [5, 5.41) is 16.6. The Labute approximate surface area is 169 Å². The molecule has 4 saturated carbocycles. The van der Waals surface area contributed by atoms with E-state index in [4.69, 9.17) is 4.74 Å². The van der Waals surface area contributed by atoms with Gasteiger partial charge in [-0.15, -0.1) is 0 Å². The zero-order valence-electron chi connectivity index (χ0n) is 16.4. The molecule has 4 aliphatic rings. The lowest BCUT2D eigenvalue weighted by Gasteiger charge is -2.56. The van der Waals surface area contributed by atoms with Crippen LogP contribution >= 0.6 is 0 Å². The van der Waals surface area contributed by atoms with Crippen LogP contribution in [-0.2, 0) is 16.1 Å². The van der Waals surface area contributed by atoms with Crippen molar-refractivity contribution in [2.45, 2.75) is 57.1 Å². The molecule has 4 bridgehead atoms. The molecule has 0 heterocycles. The second kappa shape index (κ2) is 8.00. The predicted octanol–water partition coefficient (Wildman–Crippen LogP) is 3.30. The van der Waals surface area contributed by atoms with E-state index < -0.39 is 10.9 Å². The van der Waals surface area contributed by atoms with Gasteiger partial charge in [0.25, 0.3) is 5.69 Å². The number of hydrogen-bond acceptors (Lipinski definition) is 5. The lowest BCUT2D eigenvalue weighted by molar-refractivity contribution is -0.384. The summed E-state index contributed by atoms with van der Waals surface area (Å²) in [5.74, 6) is 1.86. The van der Waals surface area contributed by atoms with Gasteiger partial charge in [0.05, 0.1) is 11.3 Å². The van der Waals surface area contributed by atoms with Gasteiger partial charge in [-0.25, -0.2) is 4.79 Å². The van der Waals surface area contributed by atoms with Gasteiger partial charge >= 0.3 is 12.0 Å². The Hall–Kier alpha value is -2.64. The maximum absolute atomic E-state index is 12.3. The van der Waals surface area contributed by atoms with Gasteiger partial charge in [-0.3, -0.25) is 14.9 Å². The molecule has 156 valence electrons. The van der Waals surface area contributed by atoms with E-state index in [9.17, 15) is 19.7 Å². The normalized spacial score (nSPS) is 29.3. The van der Waals surface area contributed by atoms with Crippen molar-refractivity contribution in [3.05, 3.63) is 39.9 Å². The summed E-state index contributed by atoms with van der Waals surface area (Å²) in [6, 6.07) is 5.67. The average Bonchev–Trinajstić information content (AvgIpc) is 2.65. The van der Waals surface area contributed by atoms with Gasteiger partial charge < -0.3 is 15.4 Å². The van der Waals surface area contributed by atoms with E-state index in [1.807, 2.05) is 0 Å². The molecule has 0 aromatic heterocycles. The van der Waals surface area contributed by atoms with Crippen LogP contribution in [0.1, 0.15) is 50.5 Å². The zero-order chi connectivity index (χ0) is 20.4. The Balaban J connectivity index is 1.16. The number of non-ortho nitro benzene ring substituents is 1. The van der Waals surface area contributed by atoms with Crippen LogP contribution in [0.15, 0.2) is 24.3 Å². The Kier molecular flexibility index (Phi) is 5.43. The standard InChI is InChI=1S/C21H27N3O5/c25-19(29-13-14-1-3-18(4-2-14)24(27)28)5-6-22-20(26)23-21-10-15-7-16(11-21)9-17(8-15)12-21/h1-4,15-17H,5-13H2,(H2,22,23,26). The van der Waals surface area contributed by atoms with Gasteiger partial charge in [-0.05, 0) is 74.0 Å². The van der Waals surface area contributed by atoms with E-state index in [1.54, 1.807) is 12.1 Å². The third-order valence-corrected chi connectivity index (χ3v) is 6.58. The van der Waals surface area contributed by atoms with Crippen molar-refractivity contribution in [3.8, 4) is 0 Å². The van der Waals surface area contributed by atoms with Crippen molar-refractivity contribution in [2.24, 2.45) is 17.8 Å². The highest BCUT2D eigenvalue weighted by Crippen LogP contribution is 2.55. The van der Waals surface area contributed by atoms with Crippen molar-refractivity contribution in [1.29, 1.82) is 0 Å². The topological polar surface area (TPSA) is 111 Å². The van der Waals surface area contributed by atoms with Crippen LogP contribution in [0.25, 0.3) is 0 Å². The second-order valence-corrected chi connectivity index (χ2v) is 8.91. The van der Waals surface area contributed by atoms with Crippen LogP contribution in [-0.4, -0.2) is 29.0 Å². The number of nitrogens with one attached hydrogen (secondary N) is 2. The molecule has 0 atom stereocenters. The summed E-state index contributed by atoms with van der Waals surface area (Å²) in [4.78, 5) is 34.4. The fourth-order valence-electron chi connectivity index (χ4n) is 5.78. The van der Waals surface area contributed by atoms with E-state index in [0.29, 0.717) is 5.56 Å². The molecule has 0 spiro atoms. The van der Waals surface area contributed by atoms with Crippen LogP contribution in [0.5, 0.6) is 0 Å². The largest absolute Gasteiger partial charge is 0.461 e. The van der Waals surface area contributed by atoms with Crippen molar-refractivity contribution in [2.75, 3.05) is 6.54 Å².